The van der Waals surface area contributed by atoms with Crippen molar-refractivity contribution < 1.29 is 9.53 Å². The molecule has 0 spiro atoms. The molecular weight excluding hydrogens is 454 g/mol. The summed E-state index contributed by atoms with van der Waals surface area (Å²) in [5, 5.41) is 11.8. The van der Waals surface area contributed by atoms with E-state index in [1.54, 1.807) is 22.9 Å². The quantitative estimate of drug-likeness (QED) is 0.418. The van der Waals surface area contributed by atoms with Gasteiger partial charge in [-0.05, 0) is 36.4 Å². The number of pyridine rings is 1. The van der Waals surface area contributed by atoms with Crippen molar-refractivity contribution in [3.05, 3.63) is 58.0 Å². The zero-order chi connectivity index (χ0) is 19.2. The van der Waals surface area contributed by atoms with Gasteiger partial charge in [0.25, 0.3) is 0 Å². The number of carbonyl (C=O) groups is 1. The number of nitrogens with one attached hydrogen (secondary N) is 1. The van der Waals surface area contributed by atoms with E-state index in [1.165, 1.54) is 11.8 Å². The molecule has 0 unspecified atom stereocenters. The highest BCUT2D eigenvalue weighted by atomic mass is 79.9. The molecule has 10 heteroatoms. The first kappa shape index (κ1) is 19.7. The Balaban J connectivity index is 1.53. The number of amides is 1. The molecule has 2 heterocycles. The lowest BCUT2D eigenvalue weighted by Crippen LogP contribution is -2.15. The lowest BCUT2D eigenvalue weighted by molar-refractivity contribution is -0.113. The van der Waals surface area contributed by atoms with Crippen LogP contribution in [0.2, 0.25) is 5.15 Å². The average molecular weight is 469 g/mol. The van der Waals surface area contributed by atoms with Gasteiger partial charge in [-0.15, -0.1) is 10.2 Å². The molecule has 0 bridgehead atoms. The largest absolute Gasteiger partial charge is 0.486 e. The number of hydrogen-bond acceptors (Lipinski definition) is 6. The molecule has 140 valence electrons. The second-order valence-corrected chi connectivity index (χ2v) is 7.60. The van der Waals surface area contributed by atoms with E-state index in [1.807, 2.05) is 31.3 Å². The molecule has 0 aliphatic carbocycles. The minimum absolute atomic E-state index is 0.171. The van der Waals surface area contributed by atoms with Gasteiger partial charge in [-0.2, -0.15) is 0 Å². The van der Waals surface area contributed by atoms with E-state index in [9.17, 15) is 4.79 Å². The van der Waals surface area contributed by atoms with Gasteiger partial charge in [-0.3, -0.25) is 4.79 Å². The van der Waals surface area contributed by atoms with Gasteiger partial charge in [-0.1, -0.05) is 39.3 Å². The van der Waals surface area contributed by atoms with Gasteiger partial charge in [0.15, 0.2) is 16.1 Å². The fourth-order valence-electron chi connectivity index (χ4n) is 2.07. The van der Waals surface area contributed by atoms with E-state index in [-0.39, 0.29) is 23.4 Å². The molecule has 0 radical (unpaired) electrons. The maximum absolute atomic E-state index is 12.1. The fraction of sp³-hybridized carbons (Fsp3) is 0.176. The molecule has 3 aromatic rings. The number of nitrogens with zero attached hydrogens (tertiary/aromatic N) is 4. The van der Waals surface area contributed by atoms with Gasteiger partial charge in [0.05, 0.1) is 11.4 Å². The van der Waals surface area contributed by atoms with Gasteiger partial charge >= 0.3 is 0 Å². The first-order chi connectivity index (χ1) is 13.0. The molecule has 0 aliphatic rings. The van der Waals surface area contributed by atoms with E-state index in [0.717, 1.165) is 10.2 Å². The van der Waals surface area contributed by atoms with E-state index < -0.39 is 0 Å². The third kappa shape index (κ3) is 5.44. The van der Waals surface area contributed by atoms with Crippen LogP contribution in [-0.4, -0.2) is 31.4 Å². The lowest BCUT2D eigenvalue weighted by Gasteiger charge is -2.07. The SMILES string of the molecule is Cn1c(COc2ccc(Br)cc2)nnc1SCC(=O)Nc1cccnc1Cl. The number of hydrogen-bond donors (Lipinski definition) is 1. The number of aromatic nitrogens is 4. The smallest absolute Gasteiger partial charge is 0.234 e. The van der Waals surface area contributed by atoms with Gasteiger partial charge in [0.1, 0.15) is 12.4 Å². The first-order valence-corrected chi connectivity index (χ1v) is 9.98. The summed E-state index contributed by atoms with van der Waals surface area (Å²) in [4.78, 5) is 16.0. The molecule has 0 fully saturated rings. The molecule has 1 aromatic carbocycles. The van der Waals surface area contributed by atoms with Crippen LogP contribution in [0.5, 0.6) is 5.75 Å². The Bertz CT molecular complexity index is 935. The van der Waals surface area contributed by atoms with Crippen LogP contribution in [0.1, 0.15) is 5.82 Å². The molecular formula is C17H15BrClN5O2S. The molecule has 0 aliphatic heterocycles. The van der Waals surface area contributed by atoms with Crippen LogP contribution in [0.25, 0.3) is 0 Å². The van der Waals surface area contributed by atoms with Crippen molar-refractivity contribution in [1.82, 2.24) is 19.7 Å². The van der Waals surface area contributed by atoms with Crippen LogP contribution < -0.4 is 10.1 Å². The number of rotatable bonds is 7. The van der Waals surface area contributed by atoms with Crippen LogP contribution in [0.4, 0.5) is 5.69 Å². The van der Waals surface area contributed by atoms with Crippen LogP contribution in [0.3, 0.4) is 0 Å². The van der Waals surface area contributed by atoms with E-state index in [2.05, 4.69) is 36.4 Å². The van der Waals surface area contributed by atoms with Crippen molar-refractivity contribution in [1.29, 1.82) is 0 Å². The fourth-order valence-corrected chi connectivity index (χ4v) is 3.23. The number of thioether (sulfide) groups is 1. The summed E-state index contributed by atoms with van der Waals surface area (Å²) >= 11 is 10.6. The topological polar surface area (TPSA) is 81.9 Å². The predicted octanol–water partition coefficient (Wildman–Crippen LogP) is 3.94. The van der Waals surface area contributed by atoms with Gasteiger partial charge in [-0.25, -0.2) is 4.98 Å². The Kier molecular flexibility index (Phi) is 6.70. The van der Waals surface area contributed by atoms with E-state index in [0.29, 0.717) is 16.7 Å². The molecule has 1 N–H and O–H groups in total. The highest BCUT2D eigenvalue weighted by Gasteiger charge is 2.13. The maximum atomic E-state index is 12.1. The molecule has 3 rings (SSSR count). The monoisotopic (exact) mass is 467 g/mol. The summed E-state index contributed by atoms with van der Waals surface area (Å²) in [5.74, 6) is 1.37. The number of carbonyl (C=O) groups excluding carboxylic acids is 1. The molecule has 0 saturated heterocycles. The standard InChI is InChI=1S/C17H15BrClN5O2S/c1-24-14(9-26-12-6-4-11(18)5-7-12)22-23-17(24)27-10-15(25)21-13-3-2-8-20-16(13)19/h2-8H,9-10H2,1H3,(H,21,25). The Morgan fingerprint density at radius 2 is 2.07 bits per heavy atom. The second-order valence-electron chi connectivity index (χ2n) is 5.38. The molecule has 0 atom stereocenters. The van der Waals surface area contributed by atoms with Crippen molar-refractivity contribution in [2.75, 3.05) is 11.1 Å². The number of anilines is 1. The van der Waals surface area contributed by atoms with Crippen LogP contribution in [0, 0.1) is 0 Å². The molecule has 1 amide bonds. The van der Waals surface area contributed by atoms with Crippen molar-refractivity contribution in [2.45, 2.75) is 11.8 Å². The normalized spacial score (nSPS) is 10.6. The summed E-state index contributed by atoms with van der Waals surface area (Å²) in [6.45, 7) is 0.281. The van der Waals surface area contributed by atoms with E-state index >= 15 is 0 Å². The summed E-state index contributed by atoms with van der Waals surface area (Å²) in [7, 11) is 1.83. The van der Waals surface area contributed by atoms with Crippen LogP contribution in [-0.2, 0) is 18.4 Å². The van der Waals surface area contributed by atoms with Gasteiger partial charge in [0.2, 0.25) is 5.91 Å². The first-order valence-electron chi connectivity index (χ1n) is 7.82. The van der Waals surface area contributed by atoms with E-state index in [4.69, 9.17) is 16.3 Å². The van der Waals surface area contributed by atoms with Crippen molar-refractivity contribution in [3.63, 3.8) is 0 Å². The Morgan fingerprint density at radius 3 is 2.81 bits per heavy atom. The summed E-state index contributed by atoms with van der Waals surface area (Å²) in [6, 6.07) is 10.9. The van der Waals surface area contributed by atoms with Crippen molar-refractivity contribution in [3.8, 4) is 5.75 Å². The Morgan fingerprint density at radius 1 is 1.30 bits per heavy atom. The van der Waals surface area contributed by atoms with Gasteiger partial charge in [0, 0.05) is 17.7 Å². The third-order valence-corrected chi connectivity index (χ3v) is 5.32. The van der Waals surface area contributed by atoms with Crippen molar-refractivity contribution in [2.24, 2.45) is 7.05 Å². The molecule has 7 nitrogen and oxygen atoms in total. The number of benzene rings is 1. The minimum Gasteiger partial charge on any atom is -0.486 e. The molecule has 27 heavy (non-hydrogen) atoms. The van der Waals surface area contributed by atoms with Gasteiger partial charge < -0.3 is 14.6 Å². The highest BCUT2D eigenvalue weighted by Crippen LogP contribution is 2.21. The lowest BCUT2D eigenvalue weighted by atomic mass is 10.3. The summed E-state index contributed by atoms with van der Waals surface area (Å²) in [5.41, 5.74) is 0.478. The maximum Gasteiger partial charge on any atom is 0.234 e. The number of halogens is 2. The summed E-state index contributed by atoms with van der Waals surface area (Å²) in [6.07, 6.45) is 1.56. The third-order valence-electron chi connectivity index (χ3n) is 3.47. The molecule has 2 aromatic heterocycles. The zero-order valence-corrected chi connectivity index (χ0v) is 17.4. The average Bonchev–Trinajstić information content (AvgIpc) is 3.01. The highest BCUT2D eigenvalue weighted by molar-refractivity contribution is 9.10. The van der Waals surface area contributed by atoms with Crippen molar-refractivity contribution >= 4 is 50.9 Å². The minimum atomic E-state index is -0.203. The van der Waals surface area contributed by atoms with Crippen LogP contribution in [0.15, 0.2) is 52.2 Å². The molecule has 0 saturated carbocycles. The zero-order valence-electron chi connectivity index (χ0n) is 14.2. The number of ether oxygens (including phenoxy) is 1. The Hall–Kier alpha value is -2.10. The van der Waals surface area contributed by atoms with Crippen LogP contribution >= 0.6 is 39.3 Å². The summed E-state index contributed by atoms with van der Waals surface area (Å²) < 4.78 is 8.49. The predicted molar refractivity (Wildman–Crippen MR) is 108 cm³/mol. The second kappa shape index (κ2) is 9.20. The Labute approximate surface area is 173 Å².